The van der Waals surface area contributed by atoms with Crippen LogP contribution in [0.4, 0.5) is 0 Å². The van der Waals surface area contributed by atoms with Crippen molar-refractivity contribution in [2.75, 3.05) is 0 Å². The molecule has 0 unspecified atom stereocenters. The minimum absolute atomic E-state index is 0.0649. The number of benzene rings is 2. The van der Waals surface area contributed by atoms with Crippen LogP contribution in [0.5, 0.6) is 0 Å². The monoisotopic (exact) mass is 401 g/mol. The van der Waals surface area contributed by atoms with Crippen LogP contribution in [0.25, 0.3) is 0 Å². The van der Waals surface area contributed by atoms with Gasteiger partial charge in [-0.1, -0.05) is 47.5 Å². The van der Waals surface area contributed by atoms with Crippen LogP contribution in [-0.4, -0.2) is 21.7 Å². The zero-order valence-corrected chi connectivity index (χ0v) is 16.5. The molecule has 2 atom stereocenters. The van der Waals surface area contributed by atoms with Gasteiger partial charge in [-0.25, -0.2) is 0 Å². The molecule has 0 saturated carbocycles. The van der Waals surface area contributed by atoms with Gasteiger partial charge in [-0.2, -0.15) is 5.10 Å². The van der Waals surface area contributed by atoms with Gasteiger partial charge in [0, 0.05) is 34.4 Å². The molecular weight excluding hydrogens is 381 g/mol. The molecule has 3 rings (SSSR count). The topological polar surface area (TPSA) is 46.9 Å². The van der Waals surface area contributed by atoms with Gasteiger partial charge in [0.05, 0.1) is 0 Å². The van der Waals surface area contributed by atoms with Gasteiger partial charge in [0.2, 0.25) is 5.91 Å². The van der Waals surface area contributed by atoms with E-state index in [1.807, 2.05) is 55.5 Å². The summed E-state index contributed by atoms with van der Waals surface area (Å²) in [6, 6.07) is 17.3. The Labute approximate surface area is 169 Å². The van der Waals surface area contributed by atoms with Crippen LogP contribution in [0.2, 0.25) is 10.0 Å². The van der Waals surface area contributed by atoms with Gasteiger partial charge in [0.25, 0.3) is 0 Å². The molecule has 4 nitrogen and oxygen atoms in total. The van der Waals surface area contributed by atoms with E-state index in [1.165, 1.54) is 0 Å². The van der Waals surface area contributed by atoms with E-state index in [1.54, 1.807) is 23.1 Å². The van der Waals surface area contributed by atoms with E-state index in [0.717, 1.165) is 17.5 Å². The van der Waals surface area contributed by atoms with Crippen LogP contribution >= 0.6 is 23.2 Å². The van der Waals surface area contributed by atoms with Gasteiger partial charge >= 0.3 is 0 Å². The molecule has 0 fully saturated rings. The van der Waals surface area contributed by atoms with Crippen molar-refractivity contribution in [3.63, 3.8) is 0 Å². The lowest BCUT2D eigenvalue weighted by Crippen LogP contribution is -2.39. The van der Waals surface area contributed by atoms with E-state index < -0.39 is 0 Å². The molecule has 1 heterocycles. The Hall–Kier alpha value is -2.30. The minimum Gasteiger partial charge on any atom is -0.351 e. The Morgan fingerprint density at radius 1 is 1.07 bits per heavy atom. The van der Waals surface area contributed by atoms with Gasteiger partial charge in [0.15, 0.2) is 0 Å². The highest BCUT2D eigenvalue weighted by Gasteiger charge is 2.22. The summed E-state index contributed by atoms with van der Waals surface area (Å²) in [5.74, 6) is 0.0336. The fourth-order valence-electron chi connectivity index (χ4n) is 3.11. The SMILES string of the molecule is C[C@@H](NC(=O)Cn1cccn1)[C@H](Cc1ccc(Cl)cc1)c1ccc(Cl)cc1. The van der Waals surface area contributed by atoms with Crippen LogP contribution in [-0.2, 0) is 17.8 Å². The Morgan fingerprint density at radius 2 is 1.70 bits per heavy atom. The second-order valence-electron chi connectivity index (χ2n) is 6.55. The van der Waals surface area contributed by atoms with E-state index in [0.29, 0.717) is 10.0 Å². The van der Waals surface area contributed by atoms with Crippen molar-refractivity contribution in [2.24, 2.45) is 0 Å². The molecule has 0 aliphatic heterocycles. The lowest BCUT2D eigenvalue weighted by Gasteiger charge is -2.26. The molecule has 0 radical (unpaired) electrons. The molecule has 1 amide bonds. The Bertz CT molecular complexity index is 861. The summed E-state index contributed by atoms with van der Waals surface area (Å²) in [7, 11) is 0. The Balaban J connectivity index is 1.76. The predicted octanol–water partition coefficient (Wildman–Crippen LogP) is 4.72. The molecule has 3 aromatic rings. The van der Waals surface area contributed by atoms with E-state index in [-0.39, 0.29) is 24.4 Å². The molecule has 140 valence electrons. The Kier molecular flexibility index (Phi) is 6.54. The normalized spacial score (nSPS) is 13.1. The second-order valence-corrected chi connectivity index (χ2v) is 7.42. The fourth-order valence-corrected chi connectivity index (χ4v) is 3.36. The first kappa shape index (κ1) is 19.5. The number of carbonyl (C=O) groups excluding carboxylic acids is 1. The Morgan fingerprint density at radius 3 is 2.30 bits per heavy atom. The first-order chi connectivity index (χ1) is 13.0. The maximum atomic E-state index is 12.4. The zero-order chi connectivity index (χ0) is 19.2. The van der Waals surface area contributed by atoms with E-state index in [9.17, 15) is 4.79 Å². The predicted molar refractivity (Wildman–Crippen MR) is 109 cm³/mol. The number of carbonyl (C=O) groups is 1. The lowest BCUT2D eigenvalue weighted by molar-refractivity contribution is -0.122. The van der Waals surface area contributed by atoms with Gasteiger partial charge in [-0.05, 0) is 54.8 Å². The smallest absolute Gasteiger partial charge is 0.241 e. The molecule has 0 aliphatic rings. The largest absolute Gasteiger partial charge is 0.351 e. The van der Waals surface area contributed by atoms with E-state index >= 15 is 0 Å². The summed E-state index contributed by atoms with van der Waals surface area (Å²) in [6.45, 7) is 2.22. The molecule has 0 bridgehead atoms. The van der Waals surface area contributed by atoms with Gasteiger partial charge in [0.1, 0.15) is 6.54 Å². The van der Waals surface area contributed by atoms with Crippen molar-refractivity contribution in [3.8, 4) is 0 Å². The number of aromatic nitrogens is 2. The fraction of sp³-hybridized carbons (Fsp3) is 0.238. The summed E-state index contributed by atoms with van der Waals surface area (Å²) in [5.41, 5.74) is 2.29. The number of nitrogens with zero attached hydrogens (tertiary/aromatic N) is 2. The third-order valence-corrected chi connectivity index (χ3v) is 5.03. The van der Waals surface area contributed by atoms with Crippen LogP contribution in [0, 0.1) is 0 Å². The first-order valence-electron chi connectivity index (χ1n) is 8.78. The maximum Gasteiger partial charge on any atom is 0.241 e. The molecule has 1 aromatic heterocycles. The summed E-state index contributed by atoms with van der Waals surface area (Å²) < 4.78 is 1.61. The summed E-state index contributed by atoms with van der Waals surface area (Å²) in [4.78, 5) is 12.4. The average Bonchev–Trinajstić information content (AvgIpc) is 3.15. The van der Waals surface area contributed by atoms with E-state index in [4.69, 9.17) is 23.2 Å². The van der Waals surface area contributed by atoms with Crippen molar-refractivity contribution in [3.05, 3.63) is 88.2 Å². The number of hydrogen-bond acceptors (Lipinski definition) is 2. The van der Waals surface area contributed by atoms with Crippen LogP contribution in [0.1, 0.15) is 24.0 Å². The molecule has 0 aliphatic carbocycles. The number of amides is 1. The highest BCUT2D eigenvalue weighted by atomic mass is 35.5. The lowest BCUT2D eigenvalue weighted by atomic mass is 9.86. The highest BCUT2D eigenvalue weighted by molar-refractivity contribution is 6.30. The van der Waals surface area contributed by atoms with E-state index in [2.05, 4.69) is 10.4 Å². The molecule has 0 saturated heterocycles. The molecule has 27 heavy (non-hydrogen) atoms. The van der Waals surface area contributed by atoms with Crippen LogP contribution in [0.15, 0.2) is 67.0 Å². The highest BCUT2D eigenvalue weighted by Crippen LogP contribution is 2.26. The number of rotatable bonds is 7. The van der Waals surface area contributed by atoms with Crippen molar-refractivity contribution in [2.45, 2.75) is 31.8 Å². The van der Waals surface area contributed by atoms with Crippen LogP contribution in [0.3, 0.4) is 0 Å². The minimum atomic E-state index is -0.0683. The van der Waals surface area contributed by atoms with Crippen molar-refractivity contribution in [1.82, 2.24) is 15.1 Å². The van der Waals surface area contributed by atoms with Crippen molar-refractivity contribution >= 4 is 29.1 Å². The van der Waals surface area contributed by atoms with Gasteiger partial charge < -0.3 is 5.32 Å². The second kappa shape index (κ2) is 9.07. The average molecular weight is 402 g/mol. The summed E-state index contributed by atoms with van der Waals surface area (Å²) in [6.07, 6.45) is 4.21. The zero-order valence-electron chi connectivity index (χ0n) is 15.0. The number of hydrogen-bond donors (Lipinski definition) is 1. The van der Waals surface area contributed by atoms with Gasteiger partial charge in [-0.15, -0.1) is 0 Å². The molecule has 0 spiro atoms. The van der Waals surface area contributed by atoms with Crippen molar-refractivity contribution < 1.29 is 4.79 Å². The number of nitrogens with one attached hydrogen (secondary N) is 1. The standard InChI is InChI=1S/C21H21Cl2N3O/c1-15(25-21(27)14-26-12-2-11-24-26)20(17-5-9-19(23)10-6-17)13-16-3-7-18(22)8-4-16/h2-12,15,20H,13-14H2,1H3,(H,25,27)/t15-,20+/m1/s1. The number of halogens is 2. The molecule has 2 aromatic carbocycles. The molecule has 1 N–H and O–H groups in total. The third kappa shape index (κ3) is 5.59. The molecule has 6 heteroatoms. The third-order valence-electron chi connectivity index (χ3n) is 4.52. The van der Waals surface area contributed by atoms with Crippen LogP contribution < -0.4 is 5.32 Å². The van der Waals surface area contributed by atoms with Crippen molar-refractivity contribution in [1.29, 1.82) is 0 Å². The van der Waals surface area contributed by atoms with Gasteiger partial charge in [-0.3, -0.25) is 9.48 Å². The molecular formula is C21H21Cl2N3O. The summed E-state index contributed by atoms with van der Waals surface area (Å²) in [5, 5.41) is 8.59. The summed E-state index contributed by atoms with van der Waals surface area (Å²) >= 11 is 12.0. The first-order valence-corrected chi connectivity index (χ1v) is 9.53. The quantitative estimate of drug-likeness (QED) is 0.622. The maximum absolute atomic E-state index is 12.4.